The van der Waals surface area contributed by atoms with Crippen molar-refractivity contribution in [1.29, 1.82) is 0 Å². The number of quaternary nitrogens is 2. The van der Waals surface area contributed by atoms with E-state index in [4.69, 9.17) is 0 Å². The van der Waals surface area contributed by atoms with E-state index in [1.54, 1.807) is 28.2 Å². The van der Waals surface area contributed by atoms with Crippen LogP contribution >= 0.6 is 0 Å². The van der Waals surface area contributed by atoms with Crippen LogP contribution in [0.3, 0.4) is 0 Å². The standard InChI is InChI=1S/C26H55N3O3/c1-6-7-8-9-10-11-12-13-14-15-16-17-18-21-26(30)27(22-19-24-28(2,3)31)23-20-25-29(4,5)32/h6-25H2,1-5H3. The van der Waals surface area contributed by atoms with Gasteiger partial charge in [-0.15, -0.1) is 0 Å². The molecule has 0 atom stereocenters. The summed E-state index contributed by atoms with van der Waals surface area (Å²) >= 11 is 0. The Morgan fingerprint density at radius 3 is 1.28 bits per heavy atom. The largest absolute Gasteiger partial charge is 0.633 e. The molecule has 0 radical (unpaired) electrons. The number of carbonyl (C=O) groups excluding carboxylic acids is 1. The minimum atomic E-state index is -0.328. The molecule has 0 saturated heterocycles. The molecule has 0 aromatic rings. The number of nitrogens with zero attached hydrogens (tertiary/aromatic N) is 3. The fraction of sp³-hybridized carbons (Fsp3) is 0.962. The maximum atomic E-state index is 12.7. The summed E-state index contributed by atoms with van der Waals surface area (Å²) in [4.78, 5) is 14.6. The first-order valence-electron chi connectivity index (χ1n) is 13.4. The van der Waals surface area contributed by atoms with Gasteiger partial charge in [-0.25, -0.2) is 0 Å². The monoisotopic (exact) mass is 457 g/mol. The second-order valence-electron chi connectivity index (χ2n) is 10.7. The molecule has 6 heteroatoms. The fourth-order valence-electron chi connectivity index (χ4n) is 4.10. The minimum absolute atomic E-state index is 0.181. The number of amides is 1. The predicted octanol–water partition coefficient (Wildman–Crippen LogP) is 6.22. The molecule has 32 heavy (non-hydrogen) atoms. The molecule has 0 aromatic heterocycles. The molecule has 0 aliphatic heterocycles. The van der Waals surface area contributed by atoms with Crippen molar-refractivity contribution >= 4 is 5.91 Å². The topological polar surface area (TPSA) is 66.4 Å². The van der Waals surface area contributed by atoms with Crippen molar-refractivity contribution < 1.29 is 14.1 Å². The summed E-state index contributed by atoms with van der Waals surface area (Å²) in [6.45, 7) is 4.51. The second-order valence-corrected chi connectivity index (χ2v) is 10.7. The van der Waals surface area contributed by atoms with Crippen molar-refractivity contribution in [3.63, 3.8) is 0 Å². The van der Waals surface area contributed by atoms with Crippen molar-refractivity contribution in [2.45, 2.75) is 110 Å². The molecule has 0 N–H and O–H groups in total. The Hall–Kier alpha value is -0.690. The molecule has 0 heterocycles. The predicted molar refractivity (Wildman–Crippen MR) is 137 cm³/mol. The first-order chi connectivity index (χ1) is 15.0. The highest BCUT2D eigenvalue weighted by Crippen LogP contribution is 2.14. The Labute approximate surface area is 199 Å². The first kappa shape index (κ1) is 31.3. The molecule has 6 nitrogen and oxygen atoms in total. The molecule has 192 valence electrons. The third kappa shape index (κ3) is 22.5. The van der Waals surface area contributed by atoms with Gasteiger partial charge < -0.3 is 24.6 Å². The summed E-state index contributed by atoms with van der Waals surface area (Å²) in [5.74, 6) is 0.181. The van der Waals surface area contributed by atoms with Gasteiger partial charge in [-0.2, -0.15) is 0 Å². The highest BCUT2D eigenvalue weighted by atomic mass is 16.5. The highest BCUT2D eigenvalue weighted by molar-refractivity contribution is 5.76. The van der Waals surface area contributed by atoms with Gasteiger partial charge >= 0.3 is 0 Å². The molecule has 0 rings (SSSR count). The molecule has 0 aromatic carbocycles. The Bertz CT molecular complexity index is 425. The van der Waals surface area contributed by atoms with Crippen LogP contribution in [-0.2, 0) is 4.79 Å². The summed E-state index contributed by atoms with van der Waals surface area (Å²) in [5.41, 5.74) is 0. The van der Waals surface area contributed by atoms with Crippen molar-refractivity contribution in [2.24, 2.45) is 0 Å². The molecular weight excluding hydrogens is 402 g/mol. The van der Waals surface area contributed by atoms with Crippen LogP contribution in [0.1, 0.15) is 110 Å². The van der Waals surface area contributed by atoms with E-state index >= 15 is 0 Å². The SMILES string of the molecule is CCCCCCCCCCCCCCCC(=O)N(CCC[N+](C)(C)[O-])CCC[N+](C)(C)[O-]. The van der Waals surface area contributed by atoms with Gasteiger partial charge in [0.1, 0.15) is 0 Å². The lowest BCUT2D eigenvalue weighted by Crippen LogP contribution is -2.40. The lowest BCUT2D eigenvalue weighted by atomic mass is 10.0. The zero-order valence-corrected chi connectivity index (χ0v) is 22.2. The average molecular weight is 458 g/mol. The van der Waals surface area contributed by atoms with Crippen LogP contribution in [0.15, 0.2) is 0 Å². The highest BCUT2D eigenvalue weighted by Gasteiger charge is 2.15. The number of carbonyl (C=O) groups is 1. The van der Waals surface area contributed by atoms with Crippen molar-refractivity contribution in [2.75, 3.05) is 54.4 Å². The van der Waals surface area contributed by atoms with E-state index in [2.05, 4.69) is 6.92 Å². The number of hydroxylamine groups is 6. The number of hydrogen-bond acceptors (Lipinski definition) is 3. The summed E-state index contributed by atoms with van der Waals surface area (Å²) in [5, 5.41) is 23.6. The van der Waals surface area contributed by atoms with Gasteiger partial charge in [0.15, 0.2) is 0 Å². The smallest absolute Gasteiger partial charge is 0.222 e. The van der Waals surface area contributed by atoms with E-state index in [-0.39, 0.29) is 15.2 Å². The van der Waals surface area contributed by atoms with Gasteiger partial charge in [0, 0.05) is 32.4 Å². The van der Waals surface area contributed by atoms with Gasteiger partial charge in [0.2, 0.25) is 5.91 Å². The van der Waals surface area contributed by atoms with Crippen LogP contribution in [0, 0.1) is 10.4 Å². The van der Waals surface area contributed by atoms with Crippen molar-refractivity contribution in [3.8, 4) is 0 Å². The van der Waals surface area contributed by atoms with E-state index in [1.807, 2.05) is 4.90 Å². The number of hydrogen-bond donors (Lipinski definition) is 0. The summed E-state index contributed by atoms with van der Waals surface area (Å²) in [6.07, 6.45) is 18.9. The van der Waals surface area contributed by atoms with Crippen LogP contribution in [0.2, 0.25) is 0 Å². The Morgan fingerprint density at radius 1 is 0.594 bits per heavy atom. The quantitative estimate of drug-likeness (QED) is 0.110. The van der Waals surface area contributed by atoms with Crippen molar-refractivity contribution in [1.82, 2.24) is 4.90 Å². The first-order valence-corrected chi connectivity index (χ1v) is 13.4. The normalized spacial score (nSPS) is 12.3. The molecule has 0 spiro atoms. The van der Waals surface area contributed by atoms with E-state index in [0.717, 1.165) is 12.8 Å². The zero-order valence-electron chi connectivity index (χ0n) is 22.2. The van der Waals surface area contributed by atoms with Crippen LogP contribution in [0.5, 0.6) is 0 Å². The summed E-state index contributed by atoms with van der Waals surface area (Å²) < 4.78 is -0.656. The maximum absolute atomic E-state index is 12.7. The Morgan fingerprint density at radius 2 is 0.938 bits per heavy atom. The van der Waals surface area contributed by atoms with E-state index in [9.17, 15) is 15.2 Å². The Balaban J connectivity index is 3.93. The zero-order chi connectivity index (χ0) is 24.3. The molecule has 0 bridgehead atoms. The van der Waals surface area contributed by atoms with Gasteiger partial charge in [0.05, 0.1) is 41.3 Å². The summed E-state index contributed by atoms with van der Waals surface area (Å²) in [7, 11) is 6.54. The minimum Gasteiger partial charge on any atom is -0.633 e. The van der Waals surface area contributed by atoms with Crippen molar-refractivity contribution in [3.05, 3.63) is 10.4 Å². The molecule has 1 amide bonds. The third-order valence-corrected chi connectivity index (χ3v) is 6.10. The van der Waals surface area contributed by atoms with Crippen LogP contribution < -0.4 is 0 Å². The molecule has 0 aliphatic carbocycles. The lowest BCUT2D eigenvalue weighted by Gasteiger charge is -2.36. The van der Waals surface area contributed by atoms with E-state index in [0.29, 0.717) is 45.4 Å². The van der Waals surface area contributed by atoms with E-state index < -0.39 is 0 Å². The van der Waals surface area contributed by atoms with E-state index in [1.165, 1.54) is 70.6 Å². The third-order valence-electron chi connectivity index (χ3n) is 6.10. The molecule has 0 saturated carbocycles. The van der Waals surface area contributed by atoms with Crippen LogP contribution in [-0.4, -0.2) is 74.5 Å². The van der Waals surface area contributed by atoms with Crippen LogP contribution in [0.25, 0.3) is 0 Å². The van der Waals surface area contributed by atoms with Crippen LogP contribution in [0.4, 0.5) is 0 Å². The summed E-state index contributed by atoms with van der Waals surface area (Å²) in [6, 6.07) is 0. The maximum Gasteiger partial charge on any atom is 0.222 e. The fourth-order valence-corrected chi connectivity index (χ4v) is 4.10. The van der Waals surface area contributed by atoms with Gasteiger partial charge in [-0.05, 0) is 6.42 Å². The lowest BCUT2D eigenvalue weighted by molar-refractivity contribution is -0.840. The molecule has 0 unspecified atom stereocenters. The molecule has 0 fully saturated rings. The van der Waals surface area contributed by atoms with Gasteiger partial charge in [0.25, 0.3) is 0 Å². The average Bonchev–Trinajstić information content (AvgIpc) is 2.68. The number of rotatable bonds is 22. The number of unbranched alkanes of at least 4 members (excludes halogenated alkanes) is 12. The second kappa shape index (κ2) is 18.7. The molecule has 0 aliphatic rings. The molecular formula is C26H55N3O3. The van der Waals surface area contributed by atoms with Gasteiger partial charge in [-0.1, -0.05) is 84.0 Å². The Kier molecular flexibility index (Phi) is 18.3. The van der Waals surface area contributed by atoms with Gasteiger partial charge in [-0.3, -0.25) is 4.79 Å².